The number of thiazole rings is 1. The monoisotopic (exact) mass is 438 g/mol. The second kappa shape index (κ2) is 9.41. The predicted octanol–water partition coefficient (Wildman–Crippen LogP) is 5.31. The van der Waals surface area contributed by atoms with Gasteiger partial charge in [-0.2, -0.15) is 13.2 Å². The second-order valence-electron chi connectivity index (χ2n) is 6.51. The number of amides is 1. The van der Waals surface area contributed by atoms with Gasteiger partial charge in [-0.25, -0.2) is 4.98 Å². The summed E-state index contributed by atoms with van der Waals surface area (Å²) in [5.74, 6) is -0.170. The van der Waals surface area contributed by atoms with E-state index < -0.39 is 11.7 Å². The minimum Gasteiger partial charge on any atom is -0.355 e. The Labute approximate surface area is 175 Å². The highest BCUT2D eigenvalue weighted by Gasteiger charge is 2.29. The first kappa shape index (κ1) is 21.3. The van der Waals surface area contributed by atoms with Gasteiger partial charge in [-0.3, -0.25) is 4.79 Å². The average molecular weight is 439 g/mol. The number of rotatable bonds is 7. The van der Waals surface area contributed by atoms with Crippen LogP contribution in [0.5, 0.6) is 0 Å². The van der Waals surface area contributed by atoms with Crippen molar-refractivity contribution >= 4 is 28.8 Å². The molecule has 0 unspecified atom stereocenters. The second-order valence-corrected chi connectivity index (χ2v) is 7.89. The Morgan fingerprint density at radius 2 is 1.86 bits per heavy atom. The lowest BCUT2D eigenvalue weighted by Gasteiger charge is -2.08. The molecular weight excluding hydrogens is 421 g/mol. The molecule has 3 aromatic rings. The normalized spacial score (nSPS) is 11.4. The van der Waals surface area contributed by atoms with Crippen LogP contribution in [0.4, 0.5) is 13.2 Å². The maximum Gasteiger partial charge on any atom is 0.416 e. The molecular formula is C21H18ClF3N2OS. The molecule has 1 N–H and O–H groups in total. The summed E-state index contributed by atoms with van der Waals surface area (Å²) in [7, 11) is 0. The number of hydrogen-bond donors (Lipinski definition) is 1. The van der Waals surface area contributed by atoms with Crippen molar-refractivity contribution in [1.29, 1.82) is 0 Å². The molecule has 0 radical (unpaired) electrons. The Hall–Kier alpha value is -2.38. The fourth-order valence-electron chi connectivity index (χ4n) is 2.77. The van der Waals surface area contributed by atoms with E-state index in [-0.39, 0.29) is 12.3 Å². The van der Waals surface area contributed by atoms with Gasteiger partial charge in [0.25, 0.3) is 0 Å². The van der Waals surface area contributed by atoms with Crippen LogP contribution in [-0.2, 0) is 30.2 Å². The lowest BCUT2D eigenvalue weighted by molar-refractivity contribution is -0.137. The molecule has 0 fully saturated rings. The lowest BCUT2D eigenvalue weighted by atomic mass is 10.1. The van der Waals surface area contributed by atoms with Crippen LogP contribution in [0.2, 0.25) is 5.02 Å². The van der Waals surface area contributed by atoms with Gasteiger partial charge in [-0.05, 0) is 41.8 Å². The quantitative estimate of drug-likeness (QED) is 0.543. The van der Waals surface area contributed by atoms with Crippen LogP contribution in [0, 0.1) is 0 Å². The molecule has 0 saturated carbocycles. The first-order chi connectivity index (χ1) is 13.8. The van der Waals surface area contributed by atoms with Gasteiger partial charge < -0.3 is 5.32 Å². The minimum atomic E-state index is -4.34. The number of benzene rings is 2. The molecule has 0 saturated heterocycles. The summed E-state index contributed by atoms with van der Waals surface area (Å²) < 4.78 is 37.7. The number of carbonyl (C=O) groups is 1. The van der Waals surface area contributed by atoms with Gasteiger partial charge in [-0.15, -0.1) is 11.3 Å². The molecule has 0 spiro atoms. The van der Waals surface area contributed by atoms with Gasteiger partial charge in [0.05, 0.1) is 22.7 Å². The number of halogens is 4. The summed E-state index contributed by atoms with van der Waals surface area (Å²) in [6.45, 7) is 0.351. The predicted molar refractivity (Wildman–Crippen MR) is 108 cm³/mol. The zero-order valence-corrected chi connectivity index (χ0v) is 16.9. The maximum absolute atomic E-state index is 12.6. The SMILES string of the molecule is O=C(Cc1csc(Cc2cccc(Cl)c2)n1)NCCc1ccc(C(F)(F)F)cc1. The van der Waals surface area contributed by atoms with Crippen LogP contribution < -0.4 is 5.32 Å². The van der Waals surface area contributed by atoms with Crippen molar-refractivity contribution in [3.63, 3.8) is 0 Å². The molecule has 3 nitrogen and oxygen atoms in total. The first-order valence-electron chi connectivity index (χ1n) is 8.90. The van der Waals surface area contributed by atoms with E-state index in [1.807, 2.05) is 29.6 Å². The zero-order chi connectivity index (χ0) is 20.9. The first-order valence-corrected chi connectivity index (χ1v) is 10.2. The van der Waals surface area contributed by atoms with Crippen molar-refractivity contribution in [2.45, 2.75) is 25.4 Å². The molecule has 0 atom stereocenters. The average Bonchev–Trinajstić information content (AvgIpc) is 3.08. The maximum atomic E-state index is 12.6. The Kier molecular flexibility index (Phi) is 6.92. The van der Waals surface area contributed by atoms with Crippen LogP contribution in [-0.4, -0.2) is 17.4 Å². The van der Waals surface area contributed by atoms with Crippen molar-refractivity contribution in [1.82, 2.24) is 10.3 Å². The number of hydrogen-bond acceptors (Lipinski definition) is 3. The third kappa shape index (κ3) is 6.58. The Bertz CT molecular complexity index is 971. The highest BCUT2D eigenvalue weighted by molar-refractivity contribution is 7.09. The van der Waals surface area contributed by atoms with E-state index in [9.17, 15) is 18.0 Å². The van der Waals surface area contributed by atoms with Crippen LogP contribution in [0.15, 0.2) is 53.9 Å². The summed E-state index contributed by atoms with van der Waals surface area (Å²) in [6.07, 6.45) is -3.06. The van der Waals surface area contributed by atoms with Crippen LogP contribution in [0.25, 0.3) is 0 Å². The van der Waals surface area contributed by atoms with Gasteiger partial charge in [0, 0.05) is 23.4 Å². The van der Waals surface area contributed by atoms with Gasteiger partial charge >= 0.3 is 6.18 Å². The van der Waals surface area contributed by atoms with Crippen molar-refractivity contribution in [3.05, 3.63) is 86.3 Å². The van der Waals surface area contributed by atoms with E-state index in [1.165, 1.54) is 23.5 Å². The van der Waals surface area contributed by atoms with Gasteiger partial charge in [0.15, 0.2) is 0 Å². The molecule has 0 aliphatic carbocycles. The largest absolute Gasteiger partial charge is 0.416 e. The molecule has 2 aromatic carbocycles. The smallest absolute Gasteiger partial charge is 0.355 e. The molecule has 29 heavy (non-hydrogen) atoms. The molecule has 0 aliphatic heterocycles. The number of alkyl halides is 3. The highest BCUT2D eigenvalue weighted by atomic mass is 35.5. The van der Waals surface area contributed by atoms with Gasteiger partial charge in [0.1, 0.15) is 0 Å². The molecule has 0 aliphatic rings. The van der Waals surface area contributed by atoms with Crippen LogP contribution >= 0.6 is 22.9 Å². The van der Waals surface area contributed by atoms with E-state index >= 15 is 0 Å². The third-order valence-electron chi connectivity index (χ3n) is 4.20. The number of nitrogens with zero attached hydrogens (tertiary/aromatic N) is 1. The lowest BCUT2D eigenvalue weighted by Crippen LogP contribution is -2.27. The van der Waals surface area contributed by atoms with E-state index in [4.69, 9.17) is 11.6 Å². The molecule has 1 aromatic heterocycles. The number of carbonyl (C=O) groups excluding carboxylic acids is 1. The van der Waals surface area contributed by atoms with Crippen molar-refractivity contribution < 1.29 is 18.0 Å². The highest BCUT2D eigenvalue weighted by Crippen LogP contribution is 2.29. The fraction of sp³-hybridized carbons (Fsp3) is 0.238. The van der Waals surface area contributed by atoms with Gasteiger partial charge in [-0.1, -0.05) is 35.9 Å². The van der Waals surface area contributed by atoms with E-state index in [0.29, 0.717) is 30.1 Å². The summed E-state index contributed by atoms with van der Waals surface area (Å²) in [5, 5.41) is 6.21. The Balaban J connectivity index is 1.44. The molecule has 1 heterocycles. The van der Waals surface area contributed by atoms with Crippen LogP contribution in [0.1, 0.15) is 27.4 Å². The molecule has 8 heteroatoms. The summed E-state index contributed by atoms with van der Waals surface area (Å²) in [6, 6.07) is 12.5. The molecule has 1 amide bonds. The Morgan fingerprint density at radius 1 is 1.10 bits per heavy atom. The topological polar surface area (TPSA) is 42.0 Å². The summed E-state index contributed by atoms with van der Waals surface area (Å²) in [5.41, 5.74) is 1.80. The van der Waals surface area contributed by atoms with Crippen molar-refractivity contribution in [3.8, 4) is 0 Å². The zero-order valence-electron chi connectivity index (χ0n) is 15.3. The van der Waals surface area contributed by atoms with Crippen molar-refractivity contribution in [2.24, 2.45) is 0 Å². The third-order valence-corrected chi connectivity index (χ3v) is 5.34. The number of aromatic nitrogens is 1. The van der Waals surface area contributed by atoms with E-state index in [1.54, 1.807) is 0 Å². The molecule has 3 rings (SSSR count). The summed E-state index contributed by atoms with van der Waals surface area (Å²) in [4.78, 5) is 16.6. The van der Waals surface area contributed by atoms with Crippen molar-refractivity contribution in [2.75, 3.05) is 6.54 Å². The van der Waals surface area contributed by atoms with E-state index in [0.717, 1.165) is 28.3 Å². The fourth-order valence-corrected chi connectivity index (χ4v) is 3.81. The molecule has 152 valence electrons. The van der Waals surface area contributed by atoms with E-state index in [2.05, 4.69) is 10.3 Å². The summed E-state index contributed by atoms with van der Waals surface area (Å²) >= 11 is 7.48. The standard InChI is InChI=1S/C21H18ClF3N2OS/c22-17-3-1-2-15(10-17)11-20-27-18(13-29-20)12-19(28)26-9-8-14-4-6-16(7-5-14)21(23,24)25/h1-7,10,13H,8-9,11-12H2,(H,26,28). The Morgan fingerprint density at radius 3 is 2.55 bits per heavy atom. The molecule has 0 bridgehead atoms. The van der Waals surface area contributed by atoms with Crippen LogP contribution in [0.3, 0.4) is 0 Å². The number of nitrogens with one attached hydrogen (secondary N) is 1. The van der Waals surface area contributed by atoms with Gasteiger partial charge in [0.2, 0.25) is 5.91 Å². The minimum absolute atomic E-state index is 0.166.